The molecule has 6 heteroatoms. The monoisotopic (exact) mass is 321 g/mol. The Morgan fingerprint density at radius 2 is 2.00 bits per heavy atom. The number of rotatable bonds is 2. The predicted octanol–water partition coefficient (Wildman–Crippen LogP) is 2.72. The van der Waals surface area contributed by atoms with Crippen molar-refractivity contribution in [1.29, 1.82) is 0 Å². The normalized spacial score (nSPS) is 18.7. The Bertz CT molecular complexity index is 569. The Hall–Kier alpha value is -2.11. The van der Waals surface area contributed by atoms with Crippen LogP contribution in [0.25, 0.3) is 0 Å². The third-order valence-corrected chi connectivity index (χ3v) is 3.80. The molecule has 1 aliphatic rings. The van der Waals surface area contributed by atoms with E-state index in [1.54, 1.807) is 12.0 Å². The molecule has 1 heterocycles. The lowest BCUT2D eigenvalue weighted by Gasteiger charge is -2.41. The number of carbonyl (C=O) groups is 1. The van der Waals surface area contributed by atoms with Gasteiger partial charge in [-0.25, -0.2) is 4.79 Å². The van der Waals surface area contributed by atoms with Crippen LogP contribution in [0.15, 0.2) is 18.2 Å². The van der Waals surface area contributed by atoms with Crippen molar-refractivity contribution in [2.45, 2.75) is 39.3 Å². The Morgan fingerprint density at radius 3 is 2.57 bits per heavy atom. The molecule has 0 radical (unpaired) electrons. The summed E-state index contributed by atoms with van der Waals surface area (Å²) < 4.78 is 10.9. The van der Waals surface area contributed by atoms with Crippen LogP contribution in [0, 0.1) is 0 Å². The van der Waals surface area contributed by atoms with Crippen molar-refractivity contribution in [3.8, 4) is 5.75 Å². The first-order chi connectivity index (χ1) is 10.7. The number of anilines is 2. The lowest BCUT2D eigenvalue weighted by atomic mass is 10.1. The highest BCUT2D eigenvalue weighted by Crippen LogP contribution is 2.32. The minimum atomic E-state index is -0.478. The Morgan fingerprint density at radius 1 is 1.30 bits per heavy atom. The molecule has 0 bridgehead atoms. The van der Waals surface area contributed by atoms with Gasteiger partial charge in [0, 0.05) is 37.4 Å². The fourth-order valence-electron chi connectivity index (χ4n) is 2.72. The fourth-order valence-corrected chi connectivity index (χ4v) is 2.72. The number of carbonyl (C=O) groups excluding carboxylic acids is 1. The molecule has 2 rings (SSSR count). The maximum absolute atomic E-state index is 12.3. The van der Waals surface area contributed by atoms with Crippen LogP contribution >= 0.6 is 0 Å². The molecular formula is C17H27N3O3. The van der Waals surface area contributed by atoms with Crippen LogP contribution < -0.4 is 15.4 Å². The molecule has 1 aromatic rings. The van der Waals surface area contributed by atoms with Crippen LogP contribution in [0.3, 0.4) is 0 Å². The number of nitrogen functional groups attached to an aromatic ring is 1. The minimum absolute atomic E-state index is 0.0564. The van der Waals surface area contributed by atoms with Gasteiger partial charge in [-0.2, -0.15) is 0 Å². The first-order valence-electron chi connectivity index (χ1n) is 7.89. The standard InChI is InChI=1S/C17H27N3O3/c1-12-11-19(14-7-6-13(18)10-15(14)22-5)8-9-20(12)16(21)23-17(2,3)4/h6-7,10,12H,8-9,11,18H2,1-5H3/t12-/m0/s1. The van der Waals surface area contributed by atoms with Crippen LogP contribution in [-0.2, 0) is 4.74 Å². The van der Waals surface area contributed by atoms with Gasteiger partial charge in [-0.05, 0) is 39.8 Å². The summed E-state index contributed by atoms with van der Waals surface area (Å²) in [7, 11) is 1.64. The molecule has 0 aromatic heterocycles. The lowest BCUT2D eigenvalue weighted by Crippen LogP contribution is -2.55. The number of amides is 1. The van der Waals surface area contributed by atoms with E-state index in [0.29, 0.717) is 12.2 Å². The summed E-state index contributed by atoms with van der Waals surface area (Å²) in [6.07, 6.45) is -0.256. The Labute approximate surface area is 138 Å². The average Bonchev–Trinajstić information content (AvgIpc) is 2.44. The van der Waals surface area contributed by atoms with Gasteiger partial charge in [0.05, 0.1) is 12.8 Å². The minimum Gasteiger partial charge on any atom is -0.495 e. The van der Waals surface area contributed by atoms with Gasteiger partial charge in [0.2, 0.25) is 0 Å². The van der Waals surface area contributed by atoms with Crippen molar-refractivity contribution >= 4 is 17.5 Å². The summed E-state index contributed by atoms with van der Waals surface area (Å²) >= 11 is 0. The van der Waals surface area contributed by atoms with Gasteiger partial charge in [-0.3, -0.25) is 0 Å². The van der Waals surface area contributed by atoms with Crippen molar-refractivity contribution in [3.63, 3.8) is 0 Å². The lowest BCUT2D eigenvalue weighted by molar-refractivity contribution is 0.0159. The number of nitrogens with two attached hydrogens (primary N) is 1. The topological polar surface area (TPSA) is 68.0 Å². The van der Waals surface area contributed by atoms with Crippen LogP contribution in [0.2, 0.25) is 0 Å². The highest BCUT2D eigenvalue weighted by molar-refractivity contribution is 5.70. The molecule has 6 nitrogen and oxygen atoms in total. The van der Waals surface area contributed by atoms with Gasteiger partial charge in [-0.1, -0.05) is 0 Å². The first-order valence-corrected chi connectivity index (χ1v) is 7.89. The zero-order valence-electron chi connectivity index (χ0n) is 14.6. The van der Waals surface area contributed by atoms with Gasteiger partial charge in [0.15, 0.2) is 0 Å². The first kappa shape index (κ1) is 17.2. The number of piperazine rings is 1. The number of benzene rings is 1. The van der Waals surface area contributed by atoms with Gasteiger partial charge in [0.1, 0.15) is 11.4 Å². The van der Waals surface area contributed by atoms with Crippen molar-refractivity contribution in [3.05, 3.63) is 18.2 Å². The molecule has 23 heavy (non-hydrogen) atoms. The highest BCUT2D eigenvalue weighted by Gasteiger charge is 2.31. The van der Waals surface area contributed by atoms with Crippen molar-refractivity contribution in [1.82, 2.24) is 4.90 Å². The summed E-state index contributed by atoms with van der Waals surface area (Å²) in [6, 6.07) is 5.70. The Balaban J connectivity index is 2.08. The molecule has 0 unspecified atom stereocenters. The molecule has 1 fully saturated rings. The largest absolute Gasteiger partial charge is 0.495 e. The summed E-state index contributed by atoms with van der Waals surface area (Å²) in [5, 5.41) is 0. The Kier molecular flexibility index (Phi) is 4.92. The van der Waals surface area contributed by atoms with Crippen molar-refractivity contribution < 1.29 is 14.3 Å². The fraction of sp³-hybridized carbons (Fsp3) is 0.588. The van der Waals surface area contributed by atoms with E-state index < -0.39 is 5.60 Å². The summed E-state index contributed by atoms with van der Waals surface area (Å²) in [6.45, 7) is 9.73. The smallest absolute Gasteiger partial charge is 0.410 e. The molecule has 2 N–H and O–H groups in total. The SMILES string of the molecule is COc1cc(N)ccc1N1CCN(C(=O)OC(C)(C)C)[C@@H](C)C1. The van der Waals surface area contributed by atoms with E-state index in [0.717, 1.165) is 24.5 Å². The second-order valence-corrected chi connectivity index (χ2v) is 6.90. The molecule has 1 saturated heterocycles. The molecule has 0 saturated carbocycles. The van der Waals surface area contributed by atoms with E-state index in [4.69, 9.17) is 15.2 Å². The maximum atomic E-state index is 12.3. The van der Waals surface area contributed by atoms with Gasteiger partial charge >= 0.3 is 6.09 Å². The average molecular weight is 321 g/mol. The van der Waals surface area contributed by atoms with E-state index in [1.165, 1.54) is 0 Å². The van der Waals surface area contributed by atoms with Crippen molar-refractivity contribution in [2.75, 3.05) is 37.4 Å². The molecule has 128 valence electrons. The van der Waals surface area contributed by atoms with E-state index in [9.17, 15) is 4.79 Å². The van der Waals surface area contributed by atoms with E-state index in [-0.39, 0.29) is 12.1 Å². The molecule has 1 amide bonds. The molecule has 1 aliphatic heterocycles. The van der Waals surface area contributed by atoms with Crippen LogP contribution in [-0.4, -0.2) is 49.4 Å². The van der Waals surface area contributed by atoms with E-state index >= 15 is 0 Å². The van der Waals surface area contributed by atoms with Gasteiger partial charge in [-0.15, -0.1) is 0 Å². The molecule has 0 aliphatic carbocycles. The summed E-state index contributed by atoms with van der Waals surface area (Å²) in [5.74, 6) is 0.753. The number of ether oxygens (including phenoxy) is 2. The van der Waals surface area contributed by atoms with Crippen LogP contribution in [0.1, 0.15) is 27.7 Å². The predicted molar refractivity (Wildman–Crippen MR) is 92.0 cm³/mol. The van der Waals surface area contributed by atoms with Crippen LogP contribution in [0.5, 0.6) is 5.75 Å². The van der Waals surface area contributed by atoms with Crippen LogP contribution in [0.4, 0.5) is 16.2 Å². The summed E-state index contributed by atoms with van der Waals surface area (Å²) in [5.41, 5.74) is 7.00. The second-order valence-electron chi connectivity index (χ2n) is 6.90. The zero-order valence-corrected chi connectivity index (χ0v) is 14.6. The number of hydrogen-bond donors (Lipinski definition) is 1. The third kappa shape index (κ3) is 4.21. The van der Waals surface area contributed by atoms with E-state index in [2.05, 4.69) is 4.90 Å². The molecule has 0 spiro atoms. The van der Waals surface area contributed by atoms with E-state index in [1.807, 2.05) is 45.9 Å². The summed E-state index contributed by atoms with van der Waals surface area (Å²) in [4.78, 5) is 16.3. The van der Waals surface area contributed by atoms with Crippen molar-refractivity contribution in [2.24, 2.45) is 0 Å². The number of methoxy groups -OCH3 is 1. The number of nitrogens with zero attached hydrogens (tertiary/aromatic N) is 2. The molecule has 1 atom stereocenters. The maximum Gasteiger partial charge on any atom is 0.410 e. The zero-order chi connectivity index (χ0) is 17.2. The second kappa shape index (κ2) is 6.56. The molecule has 1 aromatic carbocycles. The van der Waals surface area contributed by atoms with Gasteiger partial charge < -0.3 is 25.0 Å². The highest BCUT2D eigenvalue weighted by atomic mass is 16.6. The van der Waals surface area contributed by atoms with Gasteiger partial charge in [0.25, 0.3) is 0 Å². The third-order valence-electron chi connectivity index (χ3n) is 3.80. The molecular weight excluding hydrogens is 294 g/mol. The number of hydrogen-bond acceptors (Lipinski definition) is 5. The quantitative estimate of drug-likeness (QED) is 0.848.